The number of aromatic nitrogens is 1. The number of amides is 1. The van der Waals surface area contributed by atoms with Crippen LogP contribution >= 0.6 is 0 Å². The Morgan fingerprint density at radius 2 is 2.21 bits per heavy atom. The van der Waals surface area contributed by atoms with E-state index in [-0.39, 0.29) is 29.2 Å². The van der Waals surface area contributed by atoms with Crippen molar-refractivity contribution in [2.45, 2.75) is 31.7 Å². The van der Waals surface area contributed by atoms with Crippen LogP contribution in [0.3, 0.4) is 0 Å². The molecule has 2 aromatic rings. The van der Waals surface area contributed by atoms with Crippen LogP contribution < -0.4 is 15.8 Å². The summed E-state index contributed by atoms with van der Waals surface area (Å²) in [5, 5.41) is 3.23. The van der Waals surface area contributed by atoms with Crippen molar-refractivity contribution >= 4 is 17.0 Å². The molecule has 2 atom stereocenters. The van der Waals surface area contributed by atoms with Gasteiger partial charge in [0.25, 0.3) is 0 Å². The number of nitrogens with zero attached hydrogens (tertiary/aromatic N) is 1. The molecule has 2 heterocycles. The number of primary amides is 1. The van der Waals surface area contributed by atoms with E-state index in [9.17, 15) is 18.0 Å². The minimum Gasteiger partial charge on any atom is -0.439 e. The molecule has 130 valence electrons. The lowest BCUT2D eigenvalue weighted by Gasteiger charge is -2.27. The van der Waals surface area contributed by atoms with E-state index in [2.05, 4.69) is 15.0 Å². The van der Waals surface area contributed by atoms with Crippen molar-refractivity contribution in [2.24, 2.45) is 11.7 Å². The van der Waals surface area contributed by atoms with Crippen LogP contribution in [-0.2, 0) is 4.79 Å². The summed E-state index contributed by atoms with van der Waals surface area (Å²) in [6.07, 6.45) is -2.93. The van der Waals surface area contributed by atoms with E-state index in [4.69, 9.17) is 10.2 Å². The van der Waals surface area contributed by atoms with Crippen LogP contribution in [0.4, 0.5) is 13.2 Å². The molecular weight excluding hydrogens is 327 g/mol. The fraction of sp³-hybridized carbons (Fsp3) is 0.467. The fourth-order valence-corrected chi connectivity index (χ4v) is 2.85. The van der Waals surface area contributed by atoms with Crippen molar-refractivity contribution in [1.82, 2.24) is 10.3 Å². The van der Waals surface area contributed by atoms with Crippen molar-refractivity contribution in [3.8, 4) is 5.75 Å². The minimum atomic E-state index is -4.75. The van der Waals surface area contributed by atoms with E-state index in [1.165, 1.54) is 12.1 Å². The van der Waals surface area contributed by atoms with Gasteiger partial charge in [-0.25, -0.2) is 4.98 Å². The number of fused-ring (bicyclic) bond motifs is 1. The van der Waals surface area contributed by atoms with E-state index in [1.807, 2.05) is 0 Å². The summed E-state index contributed by atoms with van der Waals surface area (Å²) in [4.78, 5) is 15.2. The Morgan fingerprint density at radius 3 is 2.83 bits per heavy atom. The summed E-state index contributed by atoms with van der Waals surface area (Å²) < 4.78 is 46.2. The van der Waals surface area contributed by atoms with Gasteiger partial charge in [0.15, 0.2) is 5.58 Å². The molecule has 0 spiro atoms. The molecule has 0 radical (unpaired) electrons. The van der Waals surface area contributed by atoms with Crippen molar-refractivity contribution in [1.29, 1.82) is 0 Å². The standard InChI is InChI=1S/C15H16F3N3O3/c16-15(17,18)24-9-2-4-10-12(6-9)23-14(21-10)11-3-1-8(7-20-11)5-13(19)22/h2,4,6,8,11,20H,1,3,5,7H2,(H2,19,22)/t8-,11+/m0/s1. The zero-order chi connectivity index (χ0) is 17.3. The Balaban J connectivity index is 1.71. The van der Waals surface area contributed by atoms with Gasteiger partial charge in [0.1, 0.15) is 11.3 Å². The van der Waals surface area contributed by atoms with Gasteiger partial charge in [-0.05, 0) is 37.4 Å². The molecule has 0 unspecified atom stereocenters. The highest BCUT2D eigenvalue weighted by molar-refractivity contribution is 5.74. The molecule has 24 heavy (non-hydrogen) atoms. The van der Waals surface area contributed by atoms with Crippen LogP contribution in [0.2, 0.25) is 0 Å². The van der Waals surface area contributed by atoms with E-state index in [0.29, 0.717) is 30.8 Å². The maximum absolute atomic E-state index is 12.3. The molecule has 1 fully saturated rings. The number of nitrogens with two attached hydrogens (primary N) is 1. The number of piperidine rings is 1. The molecule has 0 saturated carbocycles. The molecule has 1 aromatic heterocycles. The van der Waals surface area contributed by atoms with Gasteiger partial charge in [-0.1, -0.05) is 0 Å². The summed E-state index contributed by atoms with van der Waals surface area (Å²) in [6.45, 7) is 0.606. The Morgan fingerprint density at radius 1 is 1.42 bits per heavy atom. The molecule has 9 heteroatoms. The molecule has 3 rings (SSSR count). The largest absolute Gasteiger partial charge is 0.573 e. The van der Waals surface area contributed by atoms with E-state index < -0.39 is 6.36 Å². The first-order valence-electron chi connectivity index (χ1n) is 7.48. The number of hydrogen-bond acceptors (Lipinski definition) is 5. The minimum absolute atomic E-state index is 0.145. The summed E-state index contributed by atoms with van der Waals surface area (Å²) >= 11 is 0. The first kappa shape index (κ1) is 16.6. The van der Waals surface area contributed by atoms with Gasteiger partial charge in [0.2, 0.25) is 11.8 Å². The van der Waals surface area contributed by atoms with Gasteiger partial charge >= 0.3 is 6.36 Å². The van der Waals surface area contributed by atoms with Crippen molar-refractivity contribution in [3.05, 3.63) is 24.1 Å². The maximum atomic E-state index is 12.3. The molecule has 1 aromatic carbocycles. The lowest BCUT2D eigenvalue weighted by atomic mass is 9.92. The quantitative estimate of drug-likeness (QED) is 0.891. The lowest BCUT2D eigenvalue weighted by Crippen LogP contribution is -2.35. The number of benzene rings is 1. The number of halogens is 3. The smallest absolute Gasteiger partial charge is 0.439 e. The summed E-state index contributed by atoms with van der Waals surface area (Å²) in [5.74, 6) is -0.100. The SMILES string of the molecule is NC(=O)C[C@@H]1CC[C@H](c2nc3ccc(OC(F)(F)F)cc3o2)NC1. The van der Waals surface area contributed by atoms with Crippen molar-refractivity contribution in [3.63, 3.8) is 0 Å². The van der Waals surface area contributed by atoms with Crippen molar-refractivity contribution < 1.29 is 27.1 Å². The topological polar surface area (TPSA) is 90.4 Å². The third-order valence-electron chi connectivity index (χ3n) is 3.91. The first-order valence-corrected chi connectivity index (χ1v) is 7.48. The number of nitrogens with one attached hydrogen (secondary N) is 1. The van der Waals surface area contributed by atoms with Gasteiger partial charge in [-0.2, -0.15) is 0 Å². The van der Waals surface area contributed by atoms with E-state index >= 15 is 0 Å². The molecule has 0 bridgehead atoms. The molecule has 3 N–H and O–H groups in total. The molecule has 1 aliphatic rings. The van der Waals surface area contributed by atoms with Crippen LogP contribution in [0.25, 0.3) is 11.1 Å². The van der Waals surface area contributed by atoms with Crippen LogP contribution in [0, 0.1) is 5.92 Å². The molecule has 1 amide bonds. The average molecular weight is 343 g/mol. The zero-order valence-corrected chi connectivity index (χ0v) is 12.6. The number of ether oxygens (including phenoxy) is 1. The second kappa shape index (κ2) is 6.31. The third-order valence-corrected chi connectivity index (χ3v) is 3.91. The Labute approximate surface area is 135 Å². The number of alkyl halides is 3. The Bertz CT molecular complexity index is 736. The molecule has 1 aliphatic heterocycles. The van der Waals surface area contributed by atoms with E-state index in [1.54, 1.807) is 0 Å². The number of oxazole rings is 1. The number of carbonyl (C=O) groups excluding carboxylic acids is 1. The van der Waals surface area contributed by atoms with Gasteiger partial charge in [-0.3, -0.25) is 4.79 Å². The average Bonchev–Trinajstić information content (AvgIpc) is 2.88. The third kappa shape index (κ3) is 3.97. The Kier molecular flexibility index (Phi) is 4.35. The summed E-state index contributed by atoms with van der Waals surface area (Å²) in [7, 11) is 0. The zero-order valence-electron chi connectivity index (χ0n) is 12.6. The van der Waals surface area contributed by atoms with Gasteiger partial charge in [0, 0.05) is 12.5 Å². The second-order valence-electron chi connectivity index (χ2n) is 5.80. The van der Waals surface area contributed by atoms with E-state index in [0.717, 1.165) is 12.5 Å². The maximum Gasteiger partial charge on any atom is 0.573 e. The number of rotatable bonds is 4. The van der Waals surface area contributed by atoms with Crippen LogP contribution in [0.5, 0.6) is 5.75 Å². The highest BCUT2D eigenvalue weighted by Gasteiger charge is 2.31. The fourth-order valence-electron chi connectivity index (χ4n) is 2.85. The second-order valence-corrected chi connectivity index (χ2v) is 5.80. The van der Waals surface area contributed by atoms with Crippen molar-refractivity contribution in [2.75, 3.05) is 6.54 Å². The highest BCUT2D eigenvalue weighted by atomic mass is 19.4. The monoisotopic (exact) mass is 343 g/mol. The predicted octanol–water partition coefficient (Wildman–Crippen LogP) is 2.64. The number of carbonyl (C=O) groups is 1. The molecule has 0 aliphatic carbocycles. The summed E-state index contributed by atoms with van der Waals surface area (Å²) in [5.41, 5.74) is 5.88. The lowest BCUT2D eigenvalue weighted by molar-refractivity contribution is -0.274. The number of hydrogen-bond donors (Lipinski definition) is 2. The molecule has 6 nitrogen and oxygen atoms in total. The van der Waals surface area contributed by atoms with Gasteiger partial charge in [0.05, 0.1) is 6.04 Å². The summed E-state index contributed by atoms with van der Waals surface area (Å²) in [6, 6.07) is 3.63. The first-order chi connectivity index (χ1) is 11.3. The normalized spacial score (nSPS) is 21.8. The van der Waals surface area contributed by atoms with Crippen LogP contribution in [-0.4, -0.2) is 23.8 Å². The molecule has 1 saturated heterocycles. The predicted molar refractivity (Wildman–Crippen MR) is 78.0 cm³/mol. The van der Waals surface area contributed by atoms with Gasteiger partial charge < -0.3 is 20.2 Å². The molecular formula is C15H16F3N3O3. The van der Waals surface area contributed by atoms with Crippen LogP contribution in [0.1, 0.15) is 31.2 Å². The van der Waals surface area contributed by atoms with Gasteiger partial charge in [-0.15, -0.1) is 13.2 Å². The highest BCUT2D eigenvalue weighted by Crippen LogP contribution is 2.31. The Hall–Kier alpha value is -2.29. The van der Waals surface area contributed by atoms with Crippen LogP contribution in [0.15, 0.2) is 22.6 Å².